The molecule has 0 aliphatic rings. The van der Waals surface area contributed by atoms with Crippen LogP contribution in [-0.2, 0) is 13.2 Å². The second kappa shape index (κ2) is 8.25. The number of hydrogen-bond acceptors (Lipinski definition) is 3. The van der Waals surface area contributed by atoms with Gasteiger partial charge in [-0.2, -0.15) is 0 Å². The number of rotatable bonds is 7. The van der Waals surface area contributed by atoms with E-state index in [1.54, 1.807) is 6.07 Å². The second-order valence-electron chi connectivity index (χ2n) is 4.55. The molecule has 1 N–H and O–H groups in total. The van der Waals surface area contributed by atoms with E-state index in [1.807, 2.05) is 18.2 Å². The lowest BCUT2D eigenvalue weighted by molar-refractivity contribution is 0.306. The quantitative estimate of drug-likeness (QED) is 0.628. The Morgan fingerprint density at radius 3 is 2.67 bits per heavy atom. The van der Waals surface area contributed by atoms with Crippen LogP contribution in [0.3, 0.4) is 0 Å². The number of hydrogen-bond donors (Lipinski definition) is 1. The van der Waals surface area contributed by atoms with Crippen molar-refractivity contribution >= 4 is 46.1 Å². The zero-order valence-electron chi connectivity index (χ0n) is 11.6. The smallest absolute Gasteiger partial charge is 0.143 e. The van der Waals surface area contributed by atoms with Gasteiger partial charge in [0, 0.05) is 22.0 Å². The Morgan fingerprint density at radius 1 is 1.19 bits per heavy atom. The summed E-state index contributed by atoms with van der Waals surface area (Å²) in [4.78, 5) is 1.05. The largest absolute Gasteiger partial charge is 0.486 e. The van der Waals surface area contributed by atoms with Crippen molar-refractivity contribution in [3.05, 3.63) is 49.1 Å². The Hall–Kier alpha value is -0.450. The summed E-state index contributed by atoms with van der Waals surface area (Å²) in [6.07, 6.45) is 1.07. The maximum Gasteiger partial charge on any atom is 0.143 e. The molecule has 0 saturated heterocycles. The maximum atomic E-state index is 6.26. The first-order chi connectivity index (χ1) is 10.1. The van der Waals surface area contributed by atoms with Gasteiger partial charge in [-0.05, 0) is 37.2 Å². The molecular weight excluding hydrogens is 349 g/mol. The number of benzene rings is 1. The van der Waals surface area contributed by atoms with Crippen LogP contribution in [0.2, 0.25) is 14.4 Å². The molecule has 0 unspecified atom stereocenters. The van der Waals surface area contributed by atoms with Crippen molar-refractivity contribution in [3.63, 3.8) is 0 Å². The molecule has 0 radical (unpaired) electrons. The highest BCUT2D eigenvalue weighted by molar-refractivity contribution is 7.16. The summed E-state index contributed by atoms with van der Waals surface area (Å²) in [5.41, 5.74) is 0.962. The molecule has 0 aliphatic heterocycles. The SMILES string of the molecule is CCCNCc1cc(Cl)cc(Cl)c1OCc1ccc(Cl)s1. The molecule has 1 aromatic carbocycles. The van der Waals surface area contributed by atoms with Gasteiger partial charge in [-0.1, -0.05) is 41.7 Å². The highest BCUT2D eigenvalue weighted by atomic mass is 35.5. The van der Waals surface area contributed by atoms with Gasteiger partial charge in [-0.15, -0.1) is 11.3 Å². The van der Waals surface area contributed by atoms with Crippen LogP contribution in [0.25, 0.3) is 0 Å². The van der Waals surface area contributed by atoms with Crippen molar-refractivity contribution in [2.24, 2.45) is 0 Å². The van der Waals surface area contributed by atoms with E-state index in [9.17, 15) is 0 Å². The third-order valence-electron chi connectivity index (χ3n) is 2.82. The molecule has 1 heterocycles. The Morgan fingerprint density at radius 2 is 2.00 bits per heavy atom. The van der Waals surface area contributed by atoms with Gasteiger partial charge in [0.2, 0.25) is 0 Å². The lowest BCUT2D eigenvalue weighted by Gasteiger charge is -2.14. The summed E-state index contributed by atoms with van der Waals surface area (Å²) < 4.78 is 6.62. The van der Waals surface area contributed by atoms with Gasteiger partial charge < -0.3 is 10.1 Å². The molecule has 0 atom stereocenters. The highest BCUT2D eigenvalue weighted by Crippen LogP contribution is 2.33. The van der Waals surface area contributed by atoms with Crippen LogP contribution in [0.5, 0.6) is 5.75 Å². The summed E-state index contributed by atoms with van der Waals surface area (Å²) in [7, 11) is 0. The topological polar surface area (TPSA) is 21.3 Å². The van der Waals surface area contributed by atoms with Crippen molar-refractivity contribution in [2.75, 3.05) is 6.54 Å². The molecule has 2 rings (SSSR count). The van der Waals surface area contributed by atoms with E-state index in [-0.39, 0.29) is 0 Å². The van der Waals surface area contributed by atoms with Crippen molar-refractivity contribution in [1.29, 1.82) is 0 Å². The van der Waals surface area contributed by atoms with Crippen molar-refractivity contribution in [3.8, 4) is 5.75 Å². The van der Waals surface area contributed by atoms with Gasteiger partial charge in [0.1, 0.15) is 12.4 Å². The second-order valence-corrected chi connectivity index (χ2v) is 7.19. The molecule has 21 heavy (non-hydrogen) atoms. The highest BCUT2D eigenvalue weighted by Gasteiger charge is 2.11. The molecule has 0 saturated carbocycles. The molecule has 0 amide bonds. The van der Waals surface area contributed by atoms with Gasteiger partial charge >= 0.3 is 0 Å². The summed E-state index contributed by atoms with van der Waals surface area (Å²) in [6, 6.07) is 7.39. The van der Waals surface area contributed by atoms with Crippen LogP contribution in [0.15, 0.2) is 24.3 Å². The fraction of sp³-hybridized carbons (Fsp3) is 0.333. The zero-order chi connectivity index (χ0) is 15.2. The number of nitrogens with one attached hydrogen (secondary N) is 1. The predicted molar refractivity (Wildman–Crippen MR) is 92.1 cm³/mol. The van der Waals surface area contributed by atoms with Crippen LogP contribution in [-0.4, -0.2) is 6.54 Å². The first-order valence-electron chi connectivity index (χ1n) is 6.65. The van der Waals surface area contributed by atoms with Crippen LogP contribution in [0.4, 0.5) is 0 Å². The Kier molecular flexibility index (Phi) is 6.65. The fourth-order valence-electron chi connectivity index (χ4n) is 1.88. The average Bonchev–Trinajstić information content (AvgIpc) is 2.83. The molecule has 0 bridgehead atoms. The Labute approximate surface area is 144 Å². The van der Waals surface area contributed by atoms with E-state index in [4.69, 9.17) is 39.5 Å². The molecular formula is C15H16Cl3NOS. The normalized spacial score (nSPS) is 10.9. The van der Waals surface area contributed by atoms with E-state index >= 15 is 0 Å². The van der Waals surface area contributed by atoms with Gasteiger partial charge in [-0.3, -0.25) is 0 Å². The third kappa shape index (κ3) is 5.04. The van der Waals surface area contributed by atoms with Gasteiger partial charge in [-0.25, -0.2) is 0 Å². The monoisotopic (exact) mass is 363 g/mol. The van der Waals surface area contributed by atoms with Crippen LogP contribution < -0.4 is 10.1 Å². The van der Waals surface area contributed by atoms with Crippen molar-refractivity contribution in [1.82, 2.24) is 5.32 Å². The zero-order valence-corrected chi connectivity index (χ0v) is 14.7. The summed E-state index contributed by atoms with van der Waals surface area (Å²) in [5.74, 6) is 0.675. The lowest BCUT2D eigenvalue weighted by atomic mass is 10.2. The molecule has 0 spiro atoms. The maximum absolute atomic E-state index is 6.26. The van der Waals surface area contributed by atoms with Gasteiger partial charge in [0.05, 0.1) is 9.36 Å². The molecule has 0 fully saturated rings. The Bertz CT molecular complexity index is 601. The van der Waals surface area contributed by atoms with E-state index < -0.39 is 0 Å². The minimum absolute atomic E-state index is 0.444. The van der Waals surface area contributed by atoms with Crippen molar-refractivity contribution < 1.29 is 4.74 Å². The minimum atomic E-state index is 0.444. The van der Waals surface area contributed by atoms with Crippen LogP contribution in [0, 0.1) is 0 Å². The van der Waals surface area contributed by atoms with E-state index in [0.717, 1.165) is 27.7 Å². The minimum Gasteiger partial charge on any atom is -0.486 e. The summed E-state index contributed by atoms with van der Waals surface area (Å²) in [6.45, 7) is 4.17. The standard InChI is InChI=1S/C15H16Cl3NOS/c1-2-5-19-8-10-6-11(16)7-13(17)15(10)20-9-12-3-4-14(18)21-12/h3-4,6-7,19H,2,5,8-9H2,1H3. The Balaban J connectivity index is 2.12. The van der Waals surface area contributed by atoms with E-state index in [2.05, 4.69) is 12.2 Å². The molecule has 0 aliphatic carbocycles. The first kappa shape index (κ1) is 16.9. The van der Waals surface area contributed by atoms with Gasteiger partial charge in [0.25, 0.3) is 0 Å². The molecule has 2 aromatic rings. The van der Waals surface area contributed by atoms with E-state index in [1.165, 1.54) is 11.3 Å². The predicted octanol–water partition coefficient (Wildman–Crippen LogP) is 5.79. The number of thiophene rings is 1. The third-order valence-corrected chi connectivity index (χ3v) is 4.52. The van der Waals surface area contributed by atoms with Gasteiger partial charge in [0.15, 0.2) is 0 Å². The van der Waals surface area contributed by atoms with E-state index in [0.29, 0.717) is 28.9 Å². The molecule has 6 heteroatoms. The van der Waals surface area contributed by atoms with Crippen LogP contribution >= 0.6 is 46.1 Å². The summed E-state index contributed by atoms with van der Waals surface area (Å²) in [5, 5.41) is 4.47. The number of ether oxygens (including phenoxy) is 1. The first-order valence-corrected chi connectivity index (χ1v) is 8.61. The van der Waals surface area contributed by atoms with Crippen LogP contribution in [0.1, 0.15) is 23.8 Å². The molecule has 1 aromatic heterocycles. The molecule has 2 nitrogen and oxygen atoms in total. The lowest BCUT2D eigenvalue weighted by Crippen LogP contribution is -2.14. The average molecular weight is 365 g/mol. The molecule has 114 valence electrons. The van der Waals surface area contributed by atoms with Crippen molar-refractivity contribution in [2.45, 2.75) is 26.5 Å². The number of halogens is 3. The summed E-state index contributed by atoms with van der Waals surface area (Å²) >= 11 is 19.7. The fourth-order valence-corrected chi connectivity index (χ4v) is 3.47.